The number of benzene rings is 2. The van der Waals surface area contributed by atoms with E-state index in [2.05, 4.69) is 0 Å². The van der Waals surface area contributed by atoms with Crippen LogP contribution in [-0.2, 0) is 30.8 Å². The molecular formula is C30H44O6. The summed E-state index contributed by atoms with van der Waals surface area (Å²) in [4.78, 5) is 21.7. The molecule has 6 nitrogen and oxygen atoms in total. The van der Waals surface area contributed by atoms with E-state index in [4.69, 9.17) is 19.6 Å². The molecule has 2 fully saturated rings. The van der Waals surface area contributed by atoms with E-state index in [1.54, 1.807) is 0 Å². The van der Waals surface area contributed by atoms with Crippen LogP contribution >= 0.6 is 0 Å². The molecule has 0 spiro atoms. The summed E-state index contributed by atoms with van der Waals surface area (Å²) in [5, 5.41) is 20.1. The molecule has 0 aliphatic heterocycles. The van der Waals surface area contributed by atoms with Crippen molar-refractivity contribution >= 4 is 0 Å². The van der Waals surface area contributed by atoms with Gasteiger partial charge in [0, 0.05) is 25.7 Å². The molecule has 2 N–H and O–H groups in total. The zero-order chi connectivity index (χ0) is 26.1. The van der Waals surface area contributed by atoms with Gasteiger partial charge >= 0.3 is 0 Å². The van der Waals surface area contributed by atoms with Gasteiger partial charge in [-0.25, -0.2) is 9.78 Å². The zero-order valence-corrected chi connectivity index (χ0v) is 22.4. The van der Waals surface area contributed by atoms with Crippen LogP contribution in [0.3, 0.4) is 0 Å². The summed E-state index contributed by atoms with van der Waals surface area (Å²) in [5.74, 6) is -2.35. The first-order chi connectivity index (χ1) is 17.0. The first-order valence-corrected chi connectivity index (χ1v) is 13.3. The minimum absolute atomic E-state index is 0.493. The van der Waals surface area contributed by atoms with Gasteiger partial charge in [-0.1, -0.05) is 73.5 Å². The fourth-order valence-corrected chi connectivity index (χ4v) is 4.51. The molecule has 36 heavy (non-hydrogen) atoms. The van der Waals surface area contributed by atoms with Crippen LogP contribution < -0.4 is 0 Å². The van der Waals surface area contributed by atoms with Crippen LogP contribution in [0.15, 0.2) is 60.7 Å². The Bertz CT molecular complexity index is 809. The Morgan fingerprint density at radius 2 is 0.833 bits per heavy atom. The van der Waals surface area contributed by atoms with Crippen molar-refractivity contribution in [1.29, 1.82) is 0 Å². The van der Waals surface area contributed by atoms with Gasteiger partial charge in [0.05, 0.1) is 0 Å². The van der Waals surface area contributed by atoms with Gasteiger partial charge < -0.3 is 10.2 Å². The third-order valence-corrected chi connectivity index (χ3v) is 7.02. The van der Waals surface area contributed by atoms with Gasteiger partial charge in [0.25, 0.3) is 0 Å². The fraction of sp³-hybridized carbons (Fsp3) is 0.600. The van der Waals surface area contributed by atoms with Gasteiger partial charge in [0.15, 0.2) is 11.6 Å². The molecule has 0 saturated heterocycles. The standard InChI is InChI=1S/C18H22O2.C12H22O4/c1-17(2,15-11-7-5-8-12-15)19-20-18(3,4)16-13-9-6-10-14-16;13-11(7-3-1-4-8-11)15-16-12(14)9-5-2-6-10-12/h5-14H,1-4H3;13-14H,1-10H2. The third kappa shape index (κ3) is 8.65. The van der Waals surface area contributed by atoms with Crippen molar-refractivity contribution in [2.45, 2.75) is 115 Å². The highest BCUT2D eigenvalue weighted by molar-refractivity contribution is 5.22. The molecule has 2 saturated carbocycles. The normalized spacial score (nSPS) is 19.7. The second kappa shape index (κ2) is 12.6. The lowest BCUT2D eigenvalue weighted by Gasteiger charge is -2.36. The lowest BCUT2D eigenvalue weighted by Crippen LogP contribution is -2.42. The van der Waals surface area contributed by atoms with Gasteiger partial charge in [-0.15, -0.1) is 0 Å². The van der Waals surface area contributed by atoms with Crippen LogP contribution in [0.5, 0.6) is 0 Å². The summed E-state index contributed by atoms with van der Waals surface area (Å²) < 4.78 is 0. The largest absolute Gasteiger partial charge is 0.363 e. The zero-order valence-electron chi connectivity index (χ0n) is 22.4. The molecule has 0 aromatic heterocycles. The van der Waals surface area contributed by atoms with Gasteiger partial charge in [-0.2, -0.15) is 9.78 Å². The van der Waals surface area contributed by atoms with Gasteiger partial charge in [0.2, 0.25) is 0 Å². The van der Waals surface area contributed by atoms with E-state index >= 15 is 0 Å². The molecule has 6 heteroatoms. The highest BCUT2D eigenvalue weighted by Crippen LogP contribution is 2.35. The first-order valence-electron chi connectivity index (χ1n) is 13.3. The van der Waals surface area contributed by atoms with E-state index in [0.29, 0.717) is 25.7 Å². The SMILES string of the molecule is CC(C)(OOC(C)(C)c1ccccc1)c1ccccc1.OC1(OOC2(O)CCCCC2)CCCCC1. The maximum absolute atomic E-state index is 10.1. The van der Waals surface area contributed by atoms with E-state index in [1.807, 2.05) is 88.4 Å². The molecule has 2 aromatic rings. The summed E-state index contributed by atoms with van der Waals surface area (Å²) >= 11 is 0. The average molecular weight is 501 g/mol. The fourth-order valence-electron chi connectivity index (χ4n) is 4.51. The number of hydrogen-bond acceptors (Lipinski definition) is 6. The van der Waals surface area contributed by atoms with Crippen LogP contribution in [0.25, 0.3) is 0 Å². The Kier molecular flexibility index (Phi) is 10.1. The molecule has 0 amide bonds. The van der Waals surface area contributed by atoms with Gasteiger partial charge in [-0.3, -0.25) is 0 Å². The second-order valence-electron chi connectivity index (χ2n) is 11.1. The molecule has 2 aromatic carbocycles. The van der Waals surface area contributed by atoms with Crippen molar-refractivity contribution in [1.82, 2.24) is 0 Å². The predicted octanol–water partition coefficient (Wildman–Crippen LogP) is 7.05. The van der Waals surface area contributed by atoms with Crippen molar-refractivity contribution in [2.75, 3.05) is 0 Å². The lowest BCUT2D eigenvalue weighted by atomic mass is 9.94. The number of aliphatic hydroxyl groups is 2. The van der Waals surface area contributed by atoms with Crippen LogP contribution in [0.4, 0.5) is 0 Å². The molecule has 0 radical (unpaired) electrons. The van der Waals surface area contributed by atoms with Crippen LogP contribution in [0, 0.1) is 0 Å². The van der Waals surface area contributed by atoms with E-state index in [-0.39, 0.29) is 0 Å². The highest BCUT2D eigenvalue weighted by Gasteiger charge is 2.38. The molecule has 2 aliphatic rings. The topological polar surface area (TPSA) is 77.4 Å². The van der Waals surface area contributed by atoms with E-state index in [9.17, 15) is 10.2 Å². The van der Waals surface area contributed by atoms with Crippen LogP contribution in [0.2, 0.25) is 0 Å². The Balaban J connectivity index is 0.000000205. The lowest BCUT2D eigenvalue weighted by molar-refractivity contribution is -0.501. The van der Waals surface area contributed by atoms with Crippen molar-refractivity contribution in [3.05, 3.63) is 71.8 Å². The summed E-state index contributed by atoms with van der Waals surface area (Å²) in [6.45, 7) is 8.01. The Morgan fingerprint density at radius 3 is 1.14 bits per heavy atom. The monoisotopic (exact) mass is 500 g/mol. The molecule has 0 atom stereocenters. The first kappa shape index (κ1) is 28.8. The summed E-state index contributed by atoms with van der Waals surface area (Å²) in [6.07, 6.45) is 8.50. The average Bonchev–Trinajstić information content (AvgIpc) is 2.89. The number of rotatable bonds is 8. The molecule has 2 aliphatic carbocycles. The molecule has 0 bridgehead atoms. The predicted molar refractivity (Wildman–Crippen MR) is 139 cm³/mol. The molecule has 0 heterocycles. The summed E-state index contributed by atoms with van der Waals surface area (Å²) in [5.41, 5.74) is 1.19. The molecule has 4 rings (SSSR count). The summed E-state index contributed by atoms with van der Waals surface area (Å²) in [6, 6.07) is 20.2. The highest BCUT2D eigenvalue weighted by atomic mass is 17.2. The van der Waals surface area contributed by atoms with Crippen LogP contribution in [0.1, 0.15) is 103 Å². The van der Waals surface area contributed by atoms with E-state index < -0.39 is 22.8 Å². The molecule has 0 unspecified atom stereocenters. The third-order valence-electron chi connectivity index (χ3n) is 7.02. The molecular weight excluding hydrogens is 456 g/mol. The van der Waals surface area contributed by atoms with Crippen molar-refractivity contribution in [3.8, 4) is 0 Å². The quantitative estimate of drug-likeness (QED) is 0.230. The smallest absolute Gasteiger partial charge is 0.199 e. The van der Waals surface area contributed by atoms with Gasteiger partial charge in [-0.05, 0) is 64.5 Å². The molecule has 200 valence electrons. The minimum atomic E-state index is -1.18. The Morgan fingerprint density at radius 1 is 0.528 bits per heavy atom. The minimum Gasteiger partial charge on any atom is -0.363 e. The van der Waals surface area contributed by atoms with Crippen molar-refractivity contribution in [3.63, 3.8) is 0 Å². The van der Waals surface area contributed by atoms with Crippen molar-refractivity contribution in [2.24, 2.45) is 0 Å². The van der Waals surface area contributed by atoms with Crippen molar-refractivity contribution < 1.29 is 29.8 Å². The van der Waals surface area contributed by atoms with Gasteiger partial charge in [0.1, 0.15) is 11.2 Å². The summed E-state index contributed by atoms with van der Waals surface area (Å²) in [7, 11) is 0. The second-order valence-corrected chi connectivity index (χ2v) is 11.1. The van der Waals surface area contributed by atoms with E-state index in [0.717, 1.165) is 49.7 Å². The Hall–Kier alpha value is -1.80. The maximum Gasteiger partial charge on any atom is 0.199 e. The maximum atomic E-state index is 10.1. The van der Waals surface area contributed by atoms with E-state index in [1.165, 1.54) is 0 Å². The number of hydrogen-bond donors (Lipinski definition) is 2. The van der Waals surface area contributed by atoms with Crippen LogP contribution in [-0.4, -0.2) is 21.8 Å². The Labute approximate surface area is 216 Å².